The zero-order chi connectivity index (χ0) is 8.88. The van der Waals surface area contributed by atoms with Gasteiger partial charge in [-0.15, -0.1) is 0 Å². The van der Waals surface area contributed by atoms with E-state index in [1.165, 1.54) is 0 Å². The molecule has 3 atom stereocenters. The molecule has 1 heterocycles. The Balaban J connectivity index is 1.90. The molecule has 2 heteroatoms. The predicted octanol–water partition coefficient (Wildman–Crippen LogP) is 1.37. The third-order valence-corrected chi connectivity index (χ3v) is 3.48. The Bertz CT molecular complexity index is 200. The van der Waals surface area contributed by atoms with Gasteiger partial charge in [-0.05, 0) is 23.7 Å². The van der Waals surface area contributed by atoms with Gasteiger partial charge in [0.2, 0.25) is 5.91 Å². The Labute approximate surface area is 73.9 Å². The fourth-order valence-corrected chi connectivity index (χ4v) is 2.82. The van der Waals surface area contributed by atoms with Gasteiger partial charge in [0.05, 0.1) is 0 Å². The minimum atomic E-state index is 0.254. The average Bonchev–Trinajstić information content (AvgIpc) is 2.48. The molecule has 1 aliphatic carbocycles. The van der Waals surface area contributed by atoms with Crippen LogP contribution in [0, 0.1) is 23.7 Å². The number of carbonyl (C=O) groups is 1. The standard InChI is InChI=1S/C10H17NO/c1-6(2)10-8-4-11(7(3)12)5-9(8)10/h6,8-10H,4-5H2,1-3H3/t8-,9+,10?. The highest BCUT2D eigenvalue weighted by Gasteiger charge is 2.56. The Hall–Kier alpha value is -0.530. The molecule has 2 fully saturated rings. The van der Waals surface area contributed by atoms with Crippen molar-refractivity contribution in [3.05, 3.63) is 0 Å². The molecule has 0 aromatic heterocycles. The van der Waals surface area contributed by atoms with Crippen molar-refractivity contribution in [1.29, 1.82) is 0 Å². The van der Waals surface area contributed by atoms with Crippen LogP contribution in [0.4, 0.5) is 0 Å². The van der Waals surface area contributed by atoms with Gasteiger partial charge >= 0.3 is 0 Å². The smallest absolute Gasteiger partial charge is 0.219 e. The topological polar surface area (TPSA) is 20.3 Å². The van der Waals surface area contributed by atoms with Gasteiger partial charge in [0.25, 0.3) is 0 Å². The monoisotopic (exact) mass is 167 g/mol. The van der Waals surface area contributed by atoms with E-state index in [4.69, 9.17) is 0 Å². The fraction of sp³-hybridized carbons (Fsp3) is 0.900. The Morgan fingerprint density at radius 3 is 2.17 bits per heavy atom. The van der Waals surface area contributed by atoms with E-state index in [-0.39, 0.29) is 5.91 Å². The summed E-state index contributed by atoms with van der Waals surface area (Å²) in [6.45, 7) is 8.32. The predicted molar refractivity (Wildman–Crippen MR) is 47.6 cm³/mol. The molecule has 12 heavy (non-hydrogen) atoms. The van der Waals surface area contributed by atoms with Crippen LogP contribution in [0.1, 0.15) is 20.8 Å². The lowest BCUT2D eigenvalue weighted by molar-refractivity contribution is -0.128. The fourth-order valence-electron chi connectivity index (χ4n) is 2.82. The largest absolute Gasteiger partial charge is 0.342 e. The van der Waals surface area contributed by atoms with Crippen LogP contribution in [-0.2, 0) is 4.79 Å². The summed E-state index contributed by atoms with van der Waals surface area (Å²) in [5.74, 6) is 3.67. The number of fused-ring (bicyclic) bond motifs is 1. The maximum Gasteiger partial charge on any atom is 0.219 e. The second kappa shape index (κ2) is 2.48. The van der Waals surface area contributed by atoms with E-state index in [2.05, 4.69) is 13.8 Å². The summed E-state index contributed by atoms with van der Waals surface area (Å²) in [6.07, 6.45) is 0. The van der Waals surface area contributed by atoms with Gasteiger partial charge < -0.3 is 4.90 Å². The van der Waals surface area contributed by atoms with Crippen molar-refractivity contribution < 1.29 is 4.79 Å². The zero-order valence-electron chi connectivity index (χ0n) is 8.08. The van der Waals surface area contributed by atoms with E-state index in [0.717, 1.165) is 36.8 Å². The molecule has 2 rings (SSSR count). The maximum atomic E-state index is 11.0. The number of amides is 1. The van der Waals surface area contributed by atoms with Crippen molar-refractivity contribution in [2.75, 3.05) is 13.1 Å². The summed E-state index contributed by atoms with van der Waals surface area (Å²) < 4.78 is 0. The van der Waals surface area contributed by atoms with Crippen LogP contribution in [0.25, 0.3) is 0 Å². The van der Waals surface area contributed by atoms with Crippen molar-refractivity contribution in [2.24, 2.45) is 23.7 Å². The average molecular weight is 167 g/mol. The van der Waals surface area contributed by atoms with Gasteiger partial charge in [0.15, 0.2) is 0 Å². The number of hydrogen-bond acceptors (Lipinski definition) is 1. The number of rotatable bonds is 1. The number of carbonyl (C=O) groups excluding carboxylic acids is 1. The van der Waals surface area contributed by atoms with E-state index in [9.17, 15) is 4.79 Å². The molecule has 0 spiro atoms. The van der Waals surface area contributed by atoms with Crippen LogP contribution >= 0.6 is 0 Å². The summed E-state index contributed by atoms with van der Waals surface area (Å²) in [7, 11) is 0. The highest BCUT2D eigenvalue weighted by atomic mass is 16.2. The first kappa shape index (κ1) is 8.09. The van der Waals surface area contributed by atoms with Crippen LogP contribution in [0.2, 0.25) is 0 Å². The molecule has 0 aromatic carbocycles. The number of piperidine rings is 1. The second-order valence-electron chi connectivity index (χ2n) is 4.57. The molecular weight excluding hydrogens is 150 g/mol. The Morgan fingerprint density at radius 2 is 1.83 bits per heavy atom. The third-order valence-electron chi connectivity index (χ3n) is 3.48. The maximum absolute atomic E-state index is 11.0. The van der Waals surface area contributed by atoms with Crippen molar-refractivity contribution in [2.45, 2.75) is 20.8 Å². The van der Waals surface area contributed by atoms with Crippen molar-refractivity contribution in [3.63, 3.8) is 0 Å². The molecule has 2 nitrogen and oxygen atoms in total. The second-order valence-corrected chi connectivity index (χ2v) is 4.57. The minimum Gasteiger partial charge on any atom is -0.342 e. The highest BCUT2D eigenvalue weighted by Crippen LogP contribution is 2.55. The van der Waals surface area contributed by atoms with Gasteiger partial charge in [-0.25, -0.2) is 0 Å². The molecule has 0 bridgehead atoms. The van der Waals surface area contributed by atoms with Crippen LogP contribution in [0.3, 0.4) is 0 Å². The molecule has 1 amide bonds. The molecule has 1 unspecified atom stereocenters. The molecule has 2 aliphatic rings. The van der Waals surface area contributed by atoms with E-state index in [1.54, 1.807) is 6.92 Å². The van der Waals surface area contributed by atoms with Gasteiger partial charge in [-0.2, -0.15) is 0 Å². The van der Waals surface area contributed by atoms with Crippen LogP contribution in [-0.4, -0.2) is 23.9 Å². The number of hydrogen-bond donors (Lipinski definition) is 0. The molecule has 0 aromatic rings. The van der Waals surface area contributed by atoms with Gasteiger partial charge in [-0.1, -0.05) is 13.8 Å². The van der Waals surface area contributed by atoms with Gasteiger partial charge in [0, 0.05) is 20.0 Å². The van der Waals surface area contributed by atoms with Crippen molar-refractivity contribution in [3.8, 4) is 0 Å². The molecular formula is C10H17NO. The summed E-state index contributed by atoms with van der Waals surface area (Å²) in [6, 6.07) is 0. The minimum absolute atomic E-state index is 0.254. The summed E-state index contributed by atoms with van der Waals surface area (Å²) >= 11 is 0. The van der Waals surface area contributed by atoms with Gasteiger partial charge in [-0.3, -0.25) is 4.79 Å². The molecule has 0 radical (unpaired) electrons. The zero-order valence-corrected chi connectivity index (χ0v) is 8.08. The first-order chi connectivity index (χ1) is 5.61. The molecule has 1 saturated heterocycles. The third kappa shape index (κ3) is 1.05. The van der Waals surface area contributed by atoms with Crippen LogP contribution < -0.4 is 0 Å². The molecule has 68 valence electrons. The van der Waals surface area contributed by atoms with Crippen LogP contribution in [0.15, 0.2) is 0 Å². The van der Waals surface area contributed by atoms with E-state index in [0.29, 0.717) is 0 Å². The SMILES string of the molecule is CC(=O)N1C[C@@H]2C(C(C)C)[C@@H]2C1. The Morgan fingerprint density at radius 1 is 1.33 bits per heavy atom. The lowest BCUT2D eigenvalue weighted by Gasteiger charge is -2.18. The van der Waals surface area contributed by atoms with E-state index in [1.807, 2.05) is 4.90 Å². The molecule has 1 aliphatic heterocycles. The highest BCUT2D eigenvalue weighted by molar-refractivity contribution is 5.73. The Kier molecular flexibility index (Phi) is 1.67. The first-order valence-corrected chi connectivity index (χ1v) is 4.86. The van der Waals surface area contributed by atoms with Crippen molar-refractivity contribution in [1.82, 2.24) is 4.90 Å². The molecule has 1 saturated carbocycles. The first-order valence-electron chi connectivity index (χ1n) is 4.86. The summed E-state index contributed by atoms with van der Waals surface area (Å²) in [5.41, 5.74) is 0. The van der Waals surface area contributed by atoms with Crippen molar-refractivity contribution >= 4 is 5.91 Å². The quantitative estimate of drug-likeness (QED) is 0.577. The summed E-state index contributed by atoms with van der Waals surface area (Å²) in [5, 5.41) is 0. The van der Waals surface area contributed by atoms with E-state index >= 15 is 0 Å². The number of nitrogens with zero attached hydrogens (tertiary/aromatic N) is 1. The lowest BCUT2D eigenvalue weighted by Crippen LogP contribution is -2.29. The lowest BCUT2D eigenvalue weighted by atomic mass is 10.0. The molecule has 0 N–H and O–H groups in total. The summed E-state index contributed by atoms with van der Waals surface area (Å²) in [4.78, 5) is 13.0. The van der Waals surface area contributed by atoms with Gasteiger partial charge in [0.1, 0.15) is 0 Å². The van der Waals surface area contributed by atoms with E-state index < -0.39 is 0 Å². The number of likely N-dealkylation sites (tertiary alicyclic amines) is 1. The normalized spacial score (nSPS) is 38.7. The van der Waals surface area contributed by atoms with Crippen LogP contribution in [0.5, 0.6) is 0 Å².